The molecule has 0 unspecified atom stereocenters. The summed E-state index contributed by atoms with van der Waals surface area (Å²) in [5, 5.41) is 4.62. The summed E-state index contributed by atoms with van der Waals surface area (Å²) in [6.45, 7) is 3.13. The van der Waals surface area contributed by atoms with Crippen LogP contribution in [0, 0.1) is 0 Å². The van der Waals surface area contributed by atoms with Crippen LogP contribution in [0.25, 0.3) is 0 Å². The Balaban J connectivity index is 2.59. The first-order valence-corrected chi connectivity index (χ1v) is 9.36. The number of hydrogen-bond donors (Lipinski definition) is 2. The standard InChI is InChI=1S/C19H24N6O6/c1-5-30-17(27)22-25(19(29)31-6-2)14-15(23(3)18(28)24(4)16(14)26)21-20-12-13-10-8-7-9-11-13/h7-12,21H,5-6H2,1-4H3,(H,22,27)/b20-12+. The third-order valence-corrected chi connectivity index (χ3v) is 3.98. The molecule has 0 aliphatic rings. The van der Waals surface area contributed by atoms with E-state index in [0.717, 1.165) is 14.7 Å². The second-order valence-electron chi connectivity index (χ2n) is 6.05. The maximum absolute atomic E-state index is 12.9. The van der Waals surface area contributed by atoms with Gasteiger partial charge in [-0.2, -0.15) is 10.1 Å². The van der Waals surface area contributed by atoms with Crippen LogP contribution in [0.1, 0.15) is 19.4 Å². The number of rotatable bonds is 6. The van der Waals surface area contributed by atoms with Gasteiger partial charge in [-0.05, 0) is 19.4 Å². The molecule has 1 aromatic carbocycles. The van der Waals surface area contributed by atoms with Crippen molar-refractivity contribution in [1.29, 1.82) is 0 Å². The summed E-state index contributed by atoms with van der Waals surface area (Å²) in [4.78, 5) is 49.8. The summed E-state index contributed by atoms with van der Waals surface area (Å²) in [5.41, 5.74) is 3.57. The molecule has 0 bridgehead atoms. The molecule has 0 aliphatic heterocycles. The topological polar surface area (TPSA) is 136 Å². The average Bonchev–Trinajstić information content (AvgIpc) is 2.76. The number of benzene rings is 1. The van der Waals surface area contributed by atoms with Crippen LogP contribution < -0.4 is 27.1 Å². The first-order chi connectivity index (χ1) is 14.8. The predicted molar refractivity (Wildman–Crippen MR) is 114 cm³/mol. The first-order valence-electron chi connectivity index (χ1n) is 9.36. The third kappa shape index (κ3) is 5.50. The Kier molecular flexibility index (Phi) is 7.94. The highest BCUT2D eigenvalue weighted by Gasteiger charge is 2.29. The Hall–Kier alpha value is -4.09. The number of carbonyl (C=O) groups is 2. The molecule has 0 fully saturated rings. The van der Waals surface area contributed by atoms with E-state index >= 15 is 0 Å². The minimum atomic E-state index is -1.05. The van der Waals surface area contributed by atoms with Gasteiger partial charge in [0.15, 0.2) is 11.5 Å². The summed E-state index contributed by atoms with van der Waals surface area (Å²) in [6.07, 6.45) is -0.592. The van der Waals surface area contributed by atoms with E-state index in [2.05, 4.69) is 16.0 Å². The van der Waals surface area contributed by atoms with Crippen LogP contribution in [-0.2, 0) is 23.6 Å². The number of nitrogens with one attached hydrogen (secondary N) is 2. The first kappa shape index (κ1) is 23.2. The molecule has 12 heteroatoms. The van der Waals surface area contributed by atoms with E-state index in [4.69, 9.17) is 9.47 Å². The van der Waals surface area contributed by atoms with Gasteiger partial charge in [0.25, 0.3) is 5.56 Å². The molecule has 0 atom stereocenters. The molecule has 0 aliphatic carbocycles. The summed E-state index contributed by atoms with van der Waals surface area (Å²) >= 11 is 0. The fraction of sp³-hybridized carbons (Fsp3) is 0.316. The Morgan fingerprint density at radius 2 is 1.71 bits per heavy atom. The van der Waals surface area contributed by atoms with Crippen LogP contribution in [0.2, 0.25) is 0 Å². The Morgan fingerprint density at radius 3 is 2.32 bits per heavy atom. The van der Waals surface area contributed by atoms with Crippen molar-refractivity contribution in [1.82, 2.24) is 14.6 Å². The smallest absolute Gasteiger partial charge is 0.433 e. The van der Waals surface area contributed by atoms with Crippen LogP contribution in [0.4, 0.5) is 21.1 Å². The lowest BCUT2D eigenvalue weighted by molar-refractivity contribution is 0.138. The van der Waals surface area contributed by atoms with Crippen molar-refractivity contribution < 1.29 is 19.1 Å². The number of hydrazine groups is 1. The van der Waals surface area contributed by atoms with Crippen LogP contribution >= 0.6 is 0 Å². The van der Waals surface area contributed by atoms with Gasteiger partial charge in [-0.1, -0.05) is 30.3 Å². The highest BCUT2D eigenvalue weighted by atomic mass is 16.6. The van der Waals surface area contributed by atoms with Crippen molar-refractivity contribution in [2.75, 3.05) is 23.6 Å². The number of carbonyl (C=O) groups excluding carboxylic acids is 2. The van der Waals surface area contributed by atoms with Crippen molar-refractivity contribution in [2.45, 2.75) is 13.8 Å². The lowest BCUT2D eigenvalue weighted by Crippen LogP contribution is -2.52. The van der Waals surface area contributed by atoms with Crippen LogP contribution in [0.5, 0.6) is 0 Å². The molecule has 12 nitrogen and oxygen atoms in total. The number of hydrazone groups is 1. The molecule has 0 saturated carbocycles. The van der Waals surface area contributed by atoms with E-state index in [-0.39, 0.29) is 24.7 Å². The lowest BCUT2D eigenvalue weighted by atomic mass is 10.2. The van der Waals surface area contributed by atoms with Crippen molar-refractivity contribution in [3.8, 4) is 0 Å². The van der Waals surface area contributed by atoms with Crippen LogP contribution in [0.15, 0.2) is 45.0 Å². The van der Waals surface area contributed by atoms with Gasteiger partial charge >= 0.3 is 17.9 Å². The molecule has 0 saturated heterocycles. The van der Waals surface area contributed by atoms with Gasteiger partial charge in [0.2, 0.25) is 0 Å². The molecule has 2 N–H and O–H groups in total. The zero-order valence-electron chi connectivity index (χ0n) is 17.6. The summed E-state index contributed by atoms with van der Waals surface area (Å²) in [5.74, 6) is -0.148. The van der Waals surface area contributed by atoms with Gasteiger partial charge < -0.3 is 9.47 Å². The Morgan fingerprint density at radius 1 is 1.06 bits per heavy atom. The highest BCUT2D eigenvalue weighted by molar-refractivity contribution is 5.93. The molecule has 0 radical (unpaired) electrons. The maximum atomic E-state index is 12.9. The van der Waals surface area contributed by atoms with Gasteiger partial charge in [-0.15, -0.1) is 0 Å². The van der Waals surface area contributed by atoms with Crippen molar-refractivity contribution in [2.24, 2.45) is 19.2 Å². The quantitative estimate of drug-likeness (QED) is 0.516. The normalized spacial score (nSPS) is 10.6. The molecule has 2 aromatic rings. The number of amides is 2. The van der Waals surface area contributed by atoms with Crippen LogP contribution in [-0.4, -0.2) is 40.7 Å². The second-order valence-corrected chi connectivity index (χ2v) is 6.05. The van der Waals surface area contributed by atoms with Gasteiger partial charge in [-0.25, -0.2) is 19.8 Å². The monoisotopic (exact) mass is 432 g/mol. The molecule has 1 aromatic heterocycles. The SMILES string of the molecule is CCOC(=O)NN(C(=O)OCC)c1c(N/N=C/c2ccccc2)n(C)c(=O)n(C)c1=O. The largest absolute Gasteiger partial charge is 0.449 e. The molecule has 166 valence electrons. The van der Waals surface area contributed by atoms with Crippen molar-refractivity contribution >= 4 is 29.9 Å². The number of anilines is 2. The average molecular weight is 432 g/mol. The van der Waals surface area contributed by atoms with E-state index in [1.807, 2.05) is 18.2 Å². The zero-order valence-corrected chi connectivity index (χ0v) is 17.6. The highest BCUT2D eigenvalue weighted by Crippen LogP contribution is 2.19. The minimum absolute atomic E-state index is 0.0269. The van der Waals surface area contributed by atoms with Gasteiger partial charge in [0, 0.05) is 14.1 Å². The zero-order chi connectivity index (χ0) is 23.0. The van der Waals surface area contributed by atoms with E-state index < -0.39 is 23.4 Å². The maximum Gasteiger partial charge on any atom is 0.433 e. The summed E-state index contributed by atoms with van der Waals surface area (Å²) in [7, 11) is 2.61. The van der Waals surface area contributed by atoms with Gasteiger partial charge in [-0.3, -0.25) is 19.4 Å². The molecule has 31 heavy (non-hydrogen) atoms. The summed E-state index contributed by atoms with van der Waals surface area (Å²) < 4.78 is 11.6. The van der Waals surface area contributed by atoms with E-state index in [1.54, 1.807) is 26.0 Å². The molecule has 2 amide bonds. The number of nitrogens with zero attached hydrogens (tertiary/aromatic N) is 4. The van der Waals surface area contributed by atoms with Crippen LogP contribution in [0.3, 0.4) is 0 Å². The van der Waals surface area contributed by atoms with Gasteiger partial charge in [0.05, 0.1) is 19.4 Å². The minimum Gasteiger partial charge on any atom is -0.449 e. The van der Waals surface area contributed by atoms with E-state index in [0.29, 0.717) is 5.01 Å². The van der Waals surface area contributed by atoms with Crippen molar-refractivity contribution in [3.63, 3.8) is 0 Å². The molecule has 2 rings (SSSR count). The van der Waals surface area contributed by atoms with Crippen molar-refractivity contribution in [3.05, 3.63) is 56.7 Å². The fourth-order valence-corrected chi connectivity index (χ4v) is 2.50. The van der Waals surface area contributed by atoms with E-state index in [1.165, 1.54) is 20.3 Å². The molecular weight excluding hydrogens is 408 g/mol. The number of ether oxygens (including phenoxy) is 2. The lowest BCUT2D eigenvalue weighted by Gasteiger charge is -2.24. The van der Waals surface area contributed by atoms with E-state index in [9.17, 15) is 19.2 Å². The fourth-order valence-electron chi connectivity index (χ4n) is 2.50. The predicted octanol–water partition coefficient (Wildman–Crippen LogP) is 1.15. The number of aromatic nitrogens is 2. The second kappa shape index (κ2) is 10.6. The van der Waals surface area contributed by atoms with Gasteiger partial charge in [0.1, 0.15) is 0 Å². The molecule has 1 heterocycles. The summed E-state index contributed by atoms with van der Waals surface area (Å²) in [6, 6.07) is 9.05. The Labute approximate surface area is 177 Å². The Bertz CT molecular complexity index is 1080. The third-order valence-electron chi connectivity index (χ3n) is 3.98. The molecule has 0 spiro atoms. The molecular formula is C19H24N6O6. The number of hydrogen-bond acceptors (Lipinski definition) is 8.